The second kappa shape index (κ2) is 5.22. The number of methoxy groups -OCH3 is 2. The third kappa shape index (κ3) is 1.78. The Kier molecular flexibility index (Phi) is 4.41. The van der Waals surface area contributed by atoms with Gasteiger partial charge in [0.15, 0.2) is 4.33 Å². The van der Waals surface area contributed by atoms with Crippen molar-refractivity contribution >= 4 is 81.5 Å². The van der Waals surface area contributed by atoms with Crippen molar-refractivity contribution in [2.45, 2.75) is 14.1 Å². The maximum Gasteiger partial charge on any atom is 0.311 e. The summed E-state index contributed by atoms with van der Waals surface area (Å²) in [6.07, 6.45) is 0. The SMILES string of the molecule is COC(=O)[C@@H]1[C@@H](C(=O)OC)[C@]2(Cl)C(Cl)=C(Cl)[C@]1(Cl)C2(Cl)Cl. The lowest BCUT2D eigenvalue weighted by Gasteiger charge is -2.32. The number of alkyl halides is 4. The van der Waals surface area contributed by atoms with Crippen LogP contribution in [0.25, 0.3) is 0 Å². The highest BCUT2D eigenvalue weighted by molar-refractivity contribution is 6.66. The molecule has 1 fully saturated rings. The Morgan fingerprint density at radius 3 is 1.38 bits per heavy atom. The summed E-state index contributed by atoms with van der Waals surface area (Å²) in [7, 11) is 2.24. The molecule has 2 bridgehead atoms. The zero-order valence-electron chi connectivity index (χ0n) is 10.6. The van der Waals surface area contributed by atoms with Gasteiger partial charge in [0.05, 0.1) is 36.1 Å². The summed E-state index contributed by atoms with van der Waals surface area (Å²) in [4.78, 5) is 20.4. The molecule has 0 aromatic heterocycles. The van der Waals surface area contributed by atoms with Crippen LogP contribution in [0.3, 0.4) is 0 Å². The maximum absolute atomic E-state index is 12.1. The number of fused-ring (bicyclic) bond motifs is 2. The predicted molar refractivity (Wildman–Crippen MR) is 81.3 cm³/mol. The van der Waals surface area contributed by atoms with E-state index in [4.69, 9.17) is 69.6 Å². The van der Waals surface area contributed by atoms with Crippen LogP contribution in [-0.4, -0.2) is 40.2 Å². The van der Waals surface area contributed by atoms with E-state index in [1.807, 2.05) is 0 Å². The third-order valence-corrected chi connectivity index (χ3v) is 8.10. The van der Waals surface area contributed by atoms with Crippen LogP contribution in [0.1, 0.15) is 0 Å². The average molecular weight is 417 g/mol. The van der Waals surface area contributed by atoms with E-state index in [0.29, 0.717) is 0 Å². The molecule has 0 aliphatic heterocycles. The molecule has 10 heteroatoms. The van der Waals surface area contributed by atoms with E-state index < -0.39 is 37.9 Å². The molecule has 21 heavy (non-hydrogen) atoms. The summed E-state index contributed by atoms with van der Waals surface area (Å²) >= 11 is 37.6. The first-order chi connectivity index (χ1) is 9.53. The summed E-state index contributed by atoms with van der Waals surface area (Å²) in [5.74, 6) is -4.40. The van der Waals surface area contributed by atoms with Crippen LogP contribution < -0.4 is 0 Å². The molecule has 0 unspecified atom stereocenters. The number of carbonyl (C=O) groups is 2. The summed E-state index contributed by atoms with van der Waals surface area (Å²) in [6, 6.07) is 0. The topological polar surface area (TPSA) is 52.6 Å². The Bertz CT molecular complexity index is 515. The highest BCUT2D eigenvalue weighted by atomic mass is 35.5. The quantitative estimate of drug-likeness (QED) is 0.511. The van der Waals surface area contributed by atoms with Crippen LogP contribution in [0.5, 0.6) is 0 Å². The molecular weight excluding hydrogens is 409 g/mol. The lowest BCUT2D eigenvalue weighted by Crippen LogP contribution is -2.46. The van der Waals surface area contributed by atoms with E-state index in [9.17, 15) is 9.59 Å². The Hall–Kier alpha value is 0.420. The number of rotatable bonds is 2. The molecule has 118 valence electrons. The minimum Gasteiger partial charge on any atom is -0.469 e. The number of allylic oxidation sites excluding steroid dienone is 2. The molecule has 0 radical (unpaired) electrons. The first kappa shape index (κ1) is 17.8. The molecule has 4 atom stereocenters. The molecular formula is C11H8Cl6O4. The molecule has 1 saturated carbocycles. The molecule has 0 aromatic rings. The van der Waals surface area contributed by atoms with Gasteiger partial charge in [-0.05, 0) is 0 Å². The molecule has 0 saturated heterocycles. The van der Waals surface area contributed by atoms with Crippen molar-refractivity contribution in [3.63, 3.8) is 0 Å². The average Bonchev–Trinajstić information content (AvgIpc) is 2.65. The normalized spacial score (nSPS) is 40.4. The van der Waals surface area contributed by atoms with Crippen LogP contribution in [-0.2, 0) is 19.1 Å². The van der Waals surface area contributed by atoms with Crippen molar-refractivity contribution in [1.82, 2.24) is 0 Å². The van der Waals surface area contributed by atoms with Gasteiger partial charge in [-0.1, -0.05) is 46.4 Å². The van der Waals surface area contributed by atoms with E-state index in [-0.39, 0.29) is 10.1 Å². The largest absolute Gasteiger partial charge is 0.469 e. The molecule has 0 aromatic carbocycles. The minimum atomic E-state index is -2.02. The van der Waals surface area contributed by atoms with Crippen LogP contribution in [0, 0.1) is 11.8 Å². The number of hydrogen-bond acceptors (Lipinski definition) is 4. The molecule has 4 nitrogen and oxygen atoms in total. The number of hydrogen-bond donors (Lipinski definition) is 0. The highest BCUT2D eigenvalue weighted by Crippen LogP contribution is 2.76. The Balaban J connectivity index is 2.79. The summed E-state index contributed by atoms with van der Waals surface area (Å²) in [5.41, 5.74) is 0. The first-order valence-corrected chi connectivity index (χ1v) is 7.77. The molecule has 0 N–H and O–H groups in total. The van der Waals surface area contributed by atoms with Crippen molar-refractivity contribution in [1.29, 1.82) is 0 Å². The minimum absolute atomic E-state index is 0.193. The van der Waals surface area contributed by atoms with Gasteiger partial charge in [0.25, 0.3) is 0 Å². The zero-order valence-corrected chi connectivity index (χ0v) is 15.1. The van der Waals surface area contributed by atoms with Gasteiger partial charge in [-0.25, -0.2) is 0 Å². The van der Waals surface area contributed by atoms with E-state index in [1.54, 1.807) is 0 Å². The van der Waals surface area contributed by atoms with Crippen molar-refractivity contribution in [2.75, 3.05) is 14.2 Å². The van der Waals surface area contributed by atoms with Gasteiger partial charge in [0, 0.05) is 0 Å². The summed E-state index contributed by atoms with van der Waals surface area (Å²) < 4.78 is 7.32. The number of halogens is 6. The second-order valence-electron chi connectivity index (χ2n) is 4.63. The maximum atomic E-state index is 12.1. The zero-order chi connectivity index (χ0) is 16.4. The first-order valence-electron chi connectivity index (χ1n) is 5.50. The number of ether oxygens (including phenoxy) is 2. The van der Waals surface area contributed by atoms with Crippen molar-refractivity contribution in [2.24, 2.45) is 11.8 Å². The lowest BCUT2D eigenvalue weighted by atomic mass is 9.82. The molecule has 2 rings (SSSR count). The Labute approximate surface area is 150 Å². The van der Waals surface area contributed by atoms with Gasteiger partial charge in [0.1, 0.15) is 9.75 Å². The van der Waals surface area contributed by atoms with Gasteiger partial charge in [-0.2, -0.15) is 0 Å². The van der Waals surface area contributed by atoms with Crippen LogP contribution in [0.2, 0.25) is 0 Å². The number of carbonyl (C=O) groups excluding carboxylic acids is 2. The smallest absolute Gasteiger partial charge is 0.311 e. The molecule has 0 heterocycles. The van der Waals surface area contributed by atoms with Gasteiger partial charge >= 0.3 is 11.9 Å². The molecule has 0 amide bonds. The van der Waals surface area contributed by atoms with Gasteiger partial charge < -0.3 is 9.47 Å². The fourth-order valence-corrected chi connectivity index (χ4v) is 5.75. The molecule has 0 spiro atoms. The van der Waals surface area contributed by atoms with E-state index in [0.717, 1.165) is 14.2 Å². The summed E-state index contributed by atoms with van der Waals surface area (Å²) in [5, 5.41) is -0.386. The van der Waals surface area contributed by atoms with Crippen molar-refractivity contribution < 1.29 is 19.1 Å². The Morgan fingerprint density at radius 2 is 1.14 bits per heavy atom. The highest BCUT2D eigenvalue weighted by Gasteiger charge is 2.85. The summed E-state index contributed by atoms with van der Waals surface area (Å²) in [6.45, 7) is 0. The van der Waals surface area contributed by atoms with Crippen LogP contribution in [0.15, 0.2) is 10.1 Å². The van der Waals surface area contributed by atoms with E-state index >= 15 is 0 Å². The van der Waals surface area contributed by atoms with Crippen LogP contribution in [0.4, 0.5) is 0 Å². The van der Waals surface area contributed by atoms with Crippen molar-refractivity contribution in [3.8, 4) is 0 Å². The second-order valence-corrected chi connectivity index (χ2v) is 7.90. The molecule has 2 aliphatic carbocycles. The molecule has 2 aliphatic rings. The standard InChI is InChI=1S/C11H8Cl6O4/c1-20-7(18)3-4(8(19)21-2)10(15)6(13)5(12)9(3,14)11(10,16)17/h3-4H,1-2H3/t3-,4-,9-,10-/m0/s1. The van der Waals surface area contributed by atoms with Crippen molar-refractivity contribution in [3.05, 3.63) is 10.1 Å². The third-order valence-electron chi connectivity index (χ3n) is 3.85. The monoisotopic (exact) mass is 414 g/mol. The van der Waals surface area contributed by atoms with Gasteiger partial charge in [0.2, 0.25) is 0 Å². The van der Waals surface area contributed by atoms with E-state index in [1.165, 1.54) is 0 Å². The fraction of sp³-hybridized carbons (Fsp3) is 0.636. The van der Waals surface area contributed by atoms with Gasteiger partial charge in [-0.15, -0.1) is 23.2 Å². The van der Waals surface area contributed by atoms with E-state index in [2.05, 4.69) is 9.47 Å². The van der Waals surface area contributed by atoms with Gasteiger partial charge in [-0.3, -0.25) is 9.59 Å². The van der Waals surface area contributed by atoms with Crippen LogP contribution >= 0.6 is 69.6 Å². The number of esters is 2. The lowest BCUT2D eigenvalue weighted by molar-refractivity contribution is -0.157. The fourth-order valence-electron chi connectivity index (χ4n) is 2.83. The Morgan fingerprint density at radius 1 is 0.857 bits per heavy atom. The predicted octanol–water partition coefficient (Wildman–Crippen LogP) is 3.41.